The maximum atomic E-state index is 14.3. The fraction of sp³-hybridized carbons (Fsp3) is 0.0455. The highest BCUT2D eigenvalue weighted by molar-refractivity contribution is 6.04. The Labute approximate surface area is 164 Å². The van der Waals surface area contributed by atoms with Crippen LogP contribution in [0.3, 0.4) is 0 Å². The van der Waals surface area contributed by atoms with Gasteiger partial charge in [-0.2, -0.15) is 0 Å². The summed E-state index contributed by atoms with van der Waals surface area (Å²) in [5.74, 6) is -1.81. The van der Waals surface area contributed by atoms with Gasteiger partial charge in [0.05, 0.1) is 27.8 Å². The zero-order valence-electron chi connectivity index (χ0n) is 15.3. The van der Waals surface area contributed by atoms with Crippen molar-refractivity contribution in [2.75, 3.05) is 5.32 Å². The van der Waals surface area contributed by atoms with E-state index in [2.05, 4.69) is 10.3 Å². The molecule has 144 valence electrons. The molecule has 3 aromatic carbocycles. The Kier molecular flexibility index (Phi) is 4.64. The number of aromatic nitrogens is 2. The molecule has 0 aliphatic heterocycles. The summed E-state index contributed by atoms with van der Waals surface area (Å²) in [4.78, 5) is 29.7. The standard InChI is InChI=1S/C22H15F2N3O2/c1-13-25-19-9-5-3-7-16(19)22(29)27(13)14-10-11-18(24)20(12-14)26-21(28)15-6-2-4-8-17(15)23/h2-12H,1H3,(H,26,28). The van der Waals surface area contributed by atoms with Gasteiger partial charge in [0, 0.05) is 0 Å². The second-order valence-corrected chi connectivity index (χ2v) is 6.41. The van der Waals surface area contributed by atoms with Gasteiger partial charge < -0.3 is 5.32 Å². The first-order valence-corrected chi connectivity index (χ1v) is 8.80. The van der Waals surface area contributed by atoms with Crippen LogP contribution in [0.4, 0.5) is 14.5 Å². The Morgan fingerprint density at radius 1 is 0.966 bits per heavy atom. The Balaban J connectivity index is 1.78. The Morgan fingerprint density at radius 3 is 2.48 bits per heavy atom. The smallest absolute Gasteiger partial charge is 0.265 e. The van der Waals surface area contributed by atoms with Crippen LogP contribution in [0.5, 0.6) is 0 Å². The zero-order chi connectivity index (χ0) is 20.5. The molecule has 5 nitrogen and oxygen atoms in total. The van der Waals surface area contributed by atoms with Gasteiger partial charge in [-0.1, -0.05) is 24.3 Å². The molecule has 0 atom stereocenters. The van der Waals surface area contributed by atoms with E-state index in [0.717, 1.165) is 12.1 Å². The van der Waals surface area contributed by atoms with Crippen molar-refractivity contribution in [3.05, 3.63) is 100 Å². The van der Waals surface area contributed by atoms with E-state index in [0.29, 0.717) is 22.4 Å². The van der Waals surface area contributed by atoms with Crippen LogP contribution in [0, 0.1) is 18.6 Å². The van der Waals surface area contributed by atoms with Crippen LogP contribution < -0.4 is 10.9 Å². The lowest BCUT2D eigenvalue weighted by Crippen LogP contribution is -2.22. The highest BCUT2D eigenvalue weighted by atomic mass is 19.1. The number of rotatable bonds is 3. The van der Waals surface area contributed by atoms with Crippen LogP contribution in [0.15, 0.2) is 71.5 Å². The third-order valence-corrected chi connectivity index (χ3v) is 4.52. The van der Waals surface area contributed by atoms with Crippen LogP contribution >= 0.6 is 0 Å². The summed E-state index contributed by atoms with van der Waals surface area (Å²) >= 11 is 0. The predicted molar refractivity (Wildman–Crippen MR) is 106 cm³/mol. The molecule has 0 unspecified atom stereocenters. The number of halogens is 2. The molecule has 4 rings (SSSR count). The SMILES string of the molecule is Cc1nc2ccccc2c(=O)n1-c1ccc(F)c(NC(=O)c2ccccc2F)c1. The quantitative estimate of drug-likeness (QED) is 0.569. The first-order chi connectivity index (χ1) is 14.0. The number of carbonyl (C=O) groups is 1. The van der Waals surface area contributed by atoms with Crippen molar-refractivity contribution in [3.63, 3.8) is 0 Å². The molecule has 0 spiro atoms. The van der Waals surface area contributed by atoms with Crippen LogP contribution in [0.2, 0.25) is 0 Å². The molecule has 7 heteroatoms. The van der Waals surface area contributed by atoms with Gasteiger partial charge in [-0.15, -0.1) is 0 Å². The summed E-state index contributed by atoms with van der Waals surface area (Å²) in [7, 11) is 0. The molecule has 0 saturated carbocycles. The van der Waals surface area contributed by atoms with Crippen molar-refractivity contribution in [2.24, 2.45) is 0 Å². The maximum absolute atomic E-state index is 14.3. The molecule has 0 saturated heterocycles. The van der Waals surface area contributed by atoms with Gasteiger partial charge in [0.2, 0.25) is 0 Å². The lowest BCUT2D eigenvalue weighted by Gasteiger charge is -2.13. The van der Waals surface area contributed by atoms with Gasteiger partial charge in [-0.3, -0.25) is 14.2 Å². The normalized spacial score (nSPS) is 10.9. The van der Waals surface area contributed by atoms with E-state index < -0.39 is 17.5 Å². The highest BCUT2D eigenvalue weighted by Crippen LogP contribution is 2.21. The number of fused-ring (bicyclic) bond motifs is 1. The first kappa shape index (κ1) is 18.5. The van der Waals surface area contributed by atoms with Crippen molar-refractivity contribution >= 4 is 22.5 Å². The van der Waals surface area contributed by atoms with Crippen molar-refractivity contribution in [1.29, 1.82) is 0 Å². The number of nitrogens with one attached hydrogen (secondary N) is 1. The van der Waals surface area contributed by atoms with E-state index in [9.17, 15) is 18.4 Å². The molecule has 1 N–H and O–H groups in total. The minimum Gasteiger partial charge on any atom is -0.319 e. The molecule has 1 amide bonds. The van der Waals surface area contributed by atoms with Crippen LogP contribution in [-0.2, 0) is 0 Å². The van der Waals surface area contributed by atoms with Crippen molar-refractivity contribution < 1.29 is 13.6 Å². The average Bonchev–Trinajstić information content (AvgIpc) is 2.70. The van der Waals surface area contributed by atoms with Crippen LogP contribution in [-0.4, -0.2) is 15.5 Å². The predicted octanol–water partition coefficient (Wildman–Crippen LogP) is 4.22. The number of hydrogen-bond acceptors (Lipinski definition) is 3. The first-order valence-electron chi connectivity index (χ1n) is 8.80. The summed E-state index contributed by atoms with van der Waals surface area (Å²) in [6.45, 7) is 1.66. The minimum absolute atomic E-state index is 0.171. The zero-order valence-corrected chi connectivity index (χ0v) is 15.3. The summed E-state index contributed by atoms with van der Waals surface area (Å²) in [5.41, 5.74) is 0.191. The van der Waals surface area contributed by atoms with E-state index in [1.807, 2.05) is 0 Å². The molecule has 0 aliphatic rings. The number of carbonyl (C=O) groups excluding carboxylic acids is 1. The number of benzene rings is 3. The van der Waals surface area contributed by atoms with E-state index >= 15 is 0 Å². The highest BCUT2D eigenvalue weighted by Gasteiger charge is 2.16. The molecule has 0 aliphatic carbocycles. The van der Waals surface area contributed by atoms with E-state index in [1.54, 1.807) is 31.2 Å². The van der Waals surface area contributed by atoms with Gasteiger partial charge in [0.25, 0.3) is 11.5 Å². The lowest BCUT2D eigenvalue weighted by molar-refractivity contribution is 0.102. The molecule has 0 radical (unpaired) electrons. The number of aryl methyl sites for hydroxylation is 1. The van der Waals surface area contributed by atoms with Gasteiger partial charge in [-0.05, 0) is 49.4 Å². The Morgan fingerprint density at radius 2 is 1.69 bits per heavy atom. The number of hydrogen-bond donors (Lipinski definition) is 1. The monoisotopic (exact) mass is 391 g/mol. The second-order valence-electron chi connectivity index (χ2n) is 6.41. The van der Waals surface area contributed by atoms with Crippen LogP contribution in [0.1, 0.15) is 16.2 Å². The molecule has 29 heavy (non-hydrogen) atoms. The average molecular weight is 391 g/mol. The number of anilines is 1. The van der Waals surface area contributed by atoms with Gasteiger partial charge >= 0.3 is 0 Å². The summed E-state index contributed by atoms with van der Waals surface area (Å²) in [6.07, 6.45) is 0. The van der Waals surface area contributed by atoms with Crippen molar-refractivity contribution in [2.45, 2.75) is 6.92 Å². The second kappa shape index (κ2) is 7.27. The van der Waals surface area contributed by atoms with Crippen LogP contribution in [0.25, 0.3) is 16.6 Å². The molecule has 4 aromatic rings. The minimum atomic E-state index is -0.792. The molecule has 1 heterocycles. The molecule has 1 aromatic heterocycles. The summed E-state index contributed by atoms with van der Waals surface area (Å²) in [6, 6.07) is 16.2. The largest absolute Gasteiger partial charge is 0.319 e. The maximum Gasteiger partial charge on any atom is 0.265 e. The molecular weight excluding hydrogens is 376 g/mol. The third-order valence-electron chi connectivity index (χ3n) is 4.52. The number of nitrogens with zero attached hydrogens (tertiary/aromatic N) is 2. The fourth-order valence-corrected chi connectivity index (χ4v) is 3.13. The summed E-state index contributed by atoms with van der Waals surface area (Å²) < 4.78 is 29.5. The number of amides is 1. The Hall–Kier alpha value is -3.87. The van der Waals surface area contributed by atoms with Crippen molar-refractivity contribution in [3.8, 4) is 5.69 Å². The van der Waals surface area contributed by atoms with Gasteiger partial charge in [0.15, 0.2) is 0 Å². The summed E-state index contributed by atoms with van der Waals surface area (Å²) in [5, 5.41) is 2.78. The lowest BCUT2D eigenvalue weighted by atomic mass is 10.2. The van der Waals surface area contributed by atoms with Gasteiger partial charge in [-0.25, -0.2) is 13.8 Å². The van der Waals surface area contributed by atoms with Gasteiger partial charge in [0.1, 0.15) is 17.5 Å². The van der Waals surface area contributed by atoms with Crippen molar-refractivity contribution in [1.82, 2.24) is 9.55 Å². The Bertz CT molecular complexity index is 1320. The number of para-hydroxylation sites is 1. The van der Waals surface area contributed by atoms with E-state index in [1.165, 1.54) is 34.9 Å². The molecule has 0 bridgehead atoms. The fourth-order valence-electron chi connectivity index (χ4n) is 3.13. The third kappa shape index (κ3) is 3.38. The van der Waals surface area contributed by atoms with E-state index in [4.69, 9.17) is 0 Å². The molecular formula is C22H15F2N3O2. The molecule has 0 fully saturated rings. The topological polar surface area (TPSA) is 64.0 Å². The van der Waals surface area contributed by atoms with E-state index in [-0.39, 0.29) is 16.8 Å².